The first-order valence-corrected chi connectivity index (χ1v) is 7.67. The standard InChI is InChI=1S/C18H25NO2/c1-11(8-9-19)14-7-6-12(2)16-15(14)10-13(3)17(20-4)18(16)21-5/h10-12,14H,6-8H2,1-5H3/t11-,12+,14-/m1/s1. The third-order valence-corrected chi connectivity index (χ3v) is 4.80. The highest BCUT2D eigenvalue weighted by Crippen LogP contribution is 2.50. The smallest absolute Gasteiger partial charge is 0.164 e. The molecular formula is C18H25NO2. The Morgan fingerprint density at radius 3 is 2.52 bits per heavy atom. The monoisotopic (exact) mass is 287 g/mol. The number of methoxy groups -OCH3 is 2. The second-order valence-corrected chi connectivity index (χ2v) is 6.19. The number of nitriles is 1. The van der Waals surface area contributed by atoms with E-state index in [1.807, 2.05) is 0 Å². The lowest BCUT2D eigenvalue weighted by molar-refractivity contribution is 0.334. The zero-order chi connectivity index (χ0) is 15.6. The van der Waals surface area contributed by atoms with Gasteiger partial charge in [0.25, 0.3) is 0 Å². The van der Waals surface area contributed by atoms with Crippen molar-refractivity contribution in [2.75, 3.05) is 14.2 Å². The molecular weight excluding hydrogens is 262 g/mol. The van der Waals surface area contributed by atoms with Crippen molar-refractivity contribution in [3.05, 3.63) is 22.8 Å². The summed E-state index contributed by atoms with van der Waals surface area (Å²) in [6.45, 7) is 6.49. The summed E-state index contributed by atoms with van der Waals surface area (Å²) in [4.78, 5) is 0. The van der Waals surface area contributed by atoms with E-state index in [4.69, 9.17) is 14.7 Å². The van der Waals surface area contributed by atoms with Crippen molar-refractivity contribution in [1.29, 1.82) is 5.26 Å². The number of hydrogen-bond acceptors (Lipinski definition) is 3. The van der Waals surface area contributed by atoms with Gasteiger partial charge in [-0.05, 0) is 48.6 Å². The highest BCUT2D eigenvalue weighted by atomic mass is 16.5. The maximum absolute atomic E-state index is 9.01. The molecule has 0 amide bonds. The molecule has 0 saturated heterocycles. The van der Waals surface area contributed by atoms with Crippen molar-refractivity contribution in [1.82, 2.24) is 0 Å². The van der Waals surface area contributed by atoms with E-state index >= 15 is 0 Å². The Morgan fingerprint density at radius 2 is 1.95 bits per heavy atom. The minimum absolute atomic E-state index is 0.374. The van der Waals surface area contributed by atoms with Crippen LogP contribution in [0.2, 0.25) is 0 Å². The number of benzene rings is 1. The first kappa shape index (κ1) is 15.7. The van der Waals surface area contributed by atoms with Gasteiger partial charge in [-0.25, -0.2) is 0 Å². The molecule has 3 heteroatoms. The number of ether oxygens (including phenoxy) is 2. The lowest BCUT2D eigenvalue weighted by Gasteiger charge is -2.35. The van der Waals surface area contributed by atoms with E-state index in [9.17, 15) is 0 Å². The molecule has 114 valence electrons. The molecule has 1 aromatic rings. The Balaban J connectivity index is 2.60. The fraction of sp³-hybridized carbons (Fsp3) is 0.611. The molecule has 0 aromatic heterocycles. The summed E-state index contributed by atoms with van der Waals surface area (Å²) in [6, 6.07) is 4.56. The Labute approximate surface area is 127 Å². The van der Waals surface area contributed by atoms with Crippen molar-refractivity contribution in [3.8, 4) is 17.6 Å². The van der Waals surface area contributed by atoms with E-state index < -0.39 is 0 Å². The van der Waals surface area contributed by atoms with Gasteiger partial charge in [0.2, 0.25) is 0 Å². The fourth-order valence-electron chi connectivity index (χ4n) is 3.69. The Hall–Kier alpha value is -1.69. The highest BCUT2D eigenvalue weighted by molar-refractivity contribution is 5.58. The van der Waals surface area contributed by atoms with E-state index in [0.717, 1.165) is 29.9 Å². The molecule has 1 aromatic carbocycles. The summed E-state index contributed by atoms with van der Waals surface area (Å²) in [5.41, 5.74) is 3.74. The second kappa shape index (κ2) is 6.39. The molecule has 21 heavy (non-hydrogen) atoms. The van der Waals surface area contributed by atoms with Crippen molar-refractivity contribution in [2.45, 2.75) is 51.9 Å². The normalized spacial score (nSPS) is 22.1. The van der Waals surface area contributed by atoms with Gasteiger partial charge in [0.15, 0.2) is 11.5 Å². The van der Waals surface area contributed by atoms with Crippen LogP contribution in [0.3, 0.4) is 0 Å². The fourth-order valence-corrected chi connectivity index (χ4v) is 3.69. The zero-order valence-corrected chi connectivity index (χ0v) is 13.7. The Kier molecular flexibility index (Phi) is 4.77. The number of aryl methyl sites for hydroxylation is 1. The summed E-state index contributed by atoms with van der Waals surface area (Å²) >= 11 is 0. The Morgan fingerprint density at radius 1 is 1.29 bits per heavy atom. The molecule has 0 heterocycles. The van der Waals surface area contributed by atoms with Gasteiger partial charge in [0.1, 0.15) is 0 Å². The number of hydrogen-bond donors (Lipinski definition) is 0. The first-order chi connectivity index (χ1) is 10.0. The van der Waals surface area contributed by atoms with Crippen LogP contribution in [0.1, 0.15) is 61.6 Å². The van der Waals surface area contributed by atoms with Gasteiger partial charge in [0.05, 0.1) is 20.3 Å². The van der Waals surface area contributed by atoms with Crippen LogP contribution < -0.4 is 9.47 Å². The van der Waals surface area contributed by atoms with E-state index in [0.29, 0.717) is 24.2 Å². The molecule has 0 unspecified atom stereocenters. The van der Waals surface area contributed by atoms with Gasteiger partial charge >= 0.3 is 0 Å². The highest BCUT2D eigenvalue weighted by Gasteiger charge is 2.33. The van der Waals surface area contributed by atoms with Crippen LogP contribution >= 0.6 is 0 Å². The van der Waals surface area contributed by atoms with Crippen LogP contribution in [-0.2, 0) is 0 Å². The summed E-state index contributed by atoms with van der Waals surface area (Å²) in [5.74, 6) is 3.01. The number of fused-ring (bicyclic) bond motifs is 1. The third kappa shape index (κ3) is 2.72. The van der Waals surface area contributed by atoms with Crippen molar-refractivity contribution in [3.63, 3.8) is 0 Å². The second-order valence-electron chi connectivity index (χ2n) is 6.19. The lowest BCUT2D eigenvalue weighted by atomic mass is 9.71. The predicted molar refractivity (Wildman–Crippen MR) is 84.1 cm³/mol. The van der Waals surface area contributed by atoms with E-state index in [-0.39, 0.29) is 0 Å². The summed E-state index contributed by atoms with van der Waals surface area (Å²) in [5, 5.41) is 9.01. The average Bonchev–Trinajstić information content (AvgIpc) is 2.46. The largest absolute Gasteiger partial charge is 0.493 e. The quantitative estimate of drug-likeness (QED) is 0.816. The maximum Gasteiger partial charge on any atom is 0.164 e. The van der Waals surface area contributed by atoms with Crippen LogP contribution in [0.5, 0.6) is 11.5 Å². The van der Waals surface area contributed by atoms with E-state index in [2.05, 4.69) is 32.9 Å². The molecule has 0 fully saturated rings. The lowest BCUT2D eigenvalue weighted by Crippen LogP contribution is -2.20. The average molecular weight is 287 g/mol. The molecule has 0 radical (unpaired) electrons. The van der Waals surface area contributed by atoms with Gasteiger partial charge in [0, 0.05) is 12.0 Å². The van der Waals surface area contributed by atoms with Gasteiger partial charge in [-0.2, -0.15) is 5.26 Å². The van der Waals surface area contributed by atoms with Crippen LogP contribution in [0.25, 0.3) is 0 Å². The molecule has 0 aliphatic heterocycles. The summed E-state index contributed by atoms with van der Waals surface area (Å²) < 4.78 is 11.2. The van der Waals surface area contributed by atoms with Gasteiger partial charge in [-0.1, -0.05) is 19.9 Å². The maximum atomic E-state index is 9.01. The molecule has 2 rings (SSSR count). The third-order valence-electron chi connectivity index (χ3n) is 4.80. The minimum atomic E-state index is 0.374. The summed E-state index contributed by atoms with van der Waals surface area (Å²) in [6.07, 6.45) is 2.88. The summed E-state index contributed by atoms with van der Waals surface area (Å²) in [7, 11) is 3.41. The van der Waals surface area contributed by atoms with Crippen molar-refractivity contribution in [2.24, 2.45) is 5.92 Å². The molecule has 1 aliphatic rings. The minimum Gasteiger partial charge on any atom is -0.493 e. The molecule has 0 N–H and O–H groups in total. The van der Waals surface area contributed by atoms with Gasteiger partial charge in [-0.15, -0.1) is 0 Å². The van der Waals surface area contributed by atoms with Crippen LogP contribution in [0.15, 0.2) is 6.07 Å². The molecule has 3 atom stereocenters. The topological polar surface area (TPSA) is 42.2 Å². The van der Waals surface area contributed by atoms with Gasteiger partial charge in [-0.3, -0.25) is 0 Å². The van der Waals surface area contributed by atoms with Crippen LogP contribution in [0.4, 0.5) is 0 Å². The molecule has 1 aliphatic carbocycles. The van der Waals surface area contributed by atoms with Gasteiger partial charge < -0.3 is 9.47 Å². The molecule has 0 spiro atoms. The SMILES string of the molecule is COc1c(C)cc2c(c1OC)[C@@H](C)CC[C@@H]2[C@H](C)CC#N. The number of nitrogens with zero attached hydrogens (tertiary/aromatic N) is 1. The van der Waals surface area contributed by atoms with E-state index in [1.54, 1.807) is 14.2 Å². The van der Waals surface area contributed by atoms with Crippen LogP contribution in [0, 0.1) is 24.2 Å². The molecule has 0 saturated carbocycles. The number of rotatable bonds is 4. The molecule has 0 bridgehead atoms. The zero-order valence-electron chi connectivity index (χ0n) is 13.7. The predicted octanol–water partition coefficient (Wildman–Crippen LogP) is 4.54. The van der Waals surface area contributed by atoms with Crippen molar-refractivity contribution >= 4 is 0 Å². The van der Waals surface area contributed by atoms with E-state index in [1.165, 1.54) is 11.1 Å². The first-order valence-electron chi connectivity index (χ1n) is 7.67. The molecule has 3 nitrogen and oxygen atoms in total. The van der Waals surface area contributed by atoms with Crippen LogP contribution in [-0.4, -0.2) is 14.2 Å². The van der Waals surface area contributed by atoms with Crippen molar-refractivity contribution < 1.29 is 9.47 Å². The Bertz CT molecular complexity index is 559.